The Morgan fingerprint density at radius 3 is 2.50 bits per heavy atom. The molecule has 0 radical (unpaired) electrons. The number of amides is 1. The van der Waals surface area contributed by atoms with E-state index in [4.69, 9.17) is 14.6 Å². The van der Waals surface area contributed by atoms with Crippen molar-refractivity contribution in [1.82, 2.24) is 5.32 Å². The number of carbonyl (C=O) groups excluding carboxylic acids is 1. The molecule has 0 fully saturated rings. The molecule has 0 aliphatic rings. The smallest absolute Gasteiger partial charge is 0.305 e. The molecule has 0 aromatic heterocycles. The monoisotopic (exact) mass is 327 g/mol. The standard InChI is InChI=1S/C15H21NO5S/c1-20-12-5-4-10(8-13(12)21-2)11(9-15(18)19)16-14(17)6-7-22-3/h4-5,8,11H,6-7,9H2,1-3H3,(H,16,17)(H,18,19). The van der Waals surface area contributed by atoms with Crippen molar-refractivity contribution >= 4 is 23.6 Å². The molecule has 0 saturated carbocycles. The second-order valence-corrected chi connectivity index (χ2v) is 5.56. The molecule has 1 atom stereocenters. The van der Waals surface area contributed by atoms with Crippen molar-refractivity contribution in [2.24, 2.45) is 0 Å². The fourth-order valence-corrected chi connectivity index (χ4v) is 2.35. The maximum absolute atomic E-state index is 11.9. The Bertz CT molecular complexity index is 521. The van der Waals surface area contributed by atoms with Crippen LogP contribution in [0.25, 0.3) is 0 Å². The molecule has 2 N–H and O–H groups in total. The predicted molar refractivity (Wildman–Crippen MR) is 85.7 cm³/mol. The van der Waals surface area contributed by atoms with Gasteiger partial charge in [-0.3, -0.25) is 9.59 Å². The Labute approximate surface area is 134 Å². The minimum absolute atomic E-state index is 0.171. The molecule has 1 unspecified atom stereocenters. The molecule has 0 spiro atoms. The van der Waals surface area contributed by atoms with Gasteiger partial charge in [-0.25, -0.2) is 0 Å². The molecular formula is C15H21NO5S. The van der Waals surface area contributed by atoms with E-state index in [0.717, 1.165) is 0 Å². The van der Waals surface area contributed by atoms with Gasteiger partial charge < -0.3 is 19.9 Å². The maximum Gasteiger partial charge on any atom is 0.305 e. The number of rotatable bonds is 9. The van der Waals surface area contributed by atoms with Crippen LogP contribution in [0.15, 0.2) is 18.2 Å². The third kappa shape index (κ3) is 5.48. The number of aliphatic carboxylic acids is 1. The summed E-state index contributed by atoms with van der Waals surface area (Å²) in [5, 5.41) is 11.8. The summed E-state index contributed by atoms with van der Waals surface area (Å²) in [7, 11) is 3.03. The lowest BCUT2D eigenvalue weighted by Gasteiger charge is -2.19. The Morgan fingerprint density at radius 1 is 1.27 bits per heavy atom. The Kier molecular flexibility index (Phi) is 7.59. The first-order chi connectivity index (χ1) is 10.5. The molecule has 0 saturated heterocycles. The number of ether oxygens (including phenoxy) is 2. The van der Waals surface area contributed by atoms with Crippen molar-refractivity contribution in [3.05, 3.63) is 23.8 Å². The number of carboxylic acid groups (broad SMARTS) is 1. The number of hydrogen-bond acceptors (Lipinski definition) is 5. The Balaban J connectivity index is 2.95. The number of thioether (sulfide) groups is 1. The summed E-state index contributed by atoms with van der Waals surface area (Å²) in [6.45, 7) is 0. The third-order valence-corrected chi connectivity index (χ3v) is 3.67. The van der Waals surface area contributed by atoms with Crippen LogP contribution in [0.1, 0.15) is 24.4 Å². The van der Waals surface area contributed by atoms with Gasteiger partial charge in [0.25, 0.3) is 0 Å². The summed E-state index contributed by atoms with van der Waals surface area (Å²) in [4.78, 5) is 22.9. The highest BCUT2D eigenvalue weighted by Gasteiger charge is 2.19. The second-order valence-electron chi connectivity index (χ2n) is 4.58. The Morgan fingerprint density at radius 2 is 1.95 bits per heavy atom. The van der Waals surface area contributed by atoms with Crippen LogP contribution in [0, 0.1) is 0 Å². The number of nitrogens with one attached hydrogen (secondary N) is 1. The van der Waals surface area contributed by atoms with Crippen molar-refractivity contribution in [2.45, 2.75) is 18.9 Å². The van der Waals surface area contributed by atoms with Crippen LogP contribution in [0.5, 0.6) is 11.5 Å². The number of benzene rings is 1. The van der Waals surface area contributed by atoms with E-state index in [1.807, 2.05) is 6.26 Å². The molecule has 1 rings (SSSR count). The summed E-state index contributed by atoms with van der Waals surface area (Å²) in [6, 6.07) is 4.49. The molecule has 22 heavy (non-hydrogen) atoms. The zero-order valence-electron chi connectivity index (χ0n) is 12.9. The highest BCUT2D eigenvalue weighted by atomic mass is 32.2. The SMILES string of the molecule is COc1ccc(C(CC(=O)O)NC(=O)CCSC)cc1OC. The van der Waals surface area contributed by atoms with Gasteiger partial charge in [-0.1, -0.05) is 6.07 Å². The summed E-state index contributed by atoms with van der Waals surface area (Å²) >= 11 is 1.56. The molecular weight excluding hydrogens is 306 g/mol. The first-order valence-electron chi connectivity index (χ1n) is 6.73. The van der Waals surface area contributed by atoms with E-state index < -0.39 is 12.0 Å². The molecule has 0 aliphatic heterocycles. The van der Waals surface area contributed by atoms with E-state index >= 15 is 0 Å². The van der Waals surface area contributed by atoms with Gasteiger partial charge in [0.05, 0.1) is 26.7 Å². The van der Waals surface area contributed by atoms with Crippen LogP contribution < -0.4 is 14.8 Å². The van der Waals surface area contributed by atoms with E-state index in [1.54, 1.807) is 30.0 Å². The van der Waals surface area contributed by atoms with Crippen LogP contribution >= 0.6 is 11.8 Å². The lowest BCUT2D eigenvalue weighted by Crippen LogP contribution is -2.30. The van der Waals surface area contributed by atoms with Gasteiger partial charge >= 0.3 is 5.97 Å². The largest absolute Gasteiger partial charge is 0.493 e. The van der Waals surface area contributed by atoms with Crippen LogP contribution in [0.2, 0.25) is 0 Å². The van der Waals surface area contributed by atoms with Crippen LogP contribution in [-0.4, -0.2) is 43.2 Å². The molecule has 7 heteroatoms. The van der Waals surface area contributed by atoms with Gasteiger partial charge in [0, 0.05) is 12.2 Å². The zero-order valence-corrected chi connectivity index (χ0v) is 13.7. The van der Waals surface area contributed by atoms with Crippen molar-refractivity contribution in [3.63, 3.8) is 0 Å². The van der Waals surface area contributed by atoms with E-state index in [2.05, 4.69) is 5.32 Å². The Hall–Kier alpha value is -1.89. The van der Waals surface area contributed by atoms with E-state index in [0.29, 0.717) is 29.2 Å². The molecule has 1 aromatic rings. The number of carboxylic acids is 1. The summed E-state index contributed by atoms with van der Waals surface area (Å²) in [5.74, 6) is 0.584. The molecule has 1 aromatic carbocycles. The number of hydrogen-bond donors (Lipinski definition) is 2. The fraction of sp³-hybridized carbons (Fsp3) is 0.467. The van der Waals surface area contributed by atoms with E-state index in [9.17, 15) is 9.59 Å². The highest BCUT2D eigenvalue weighted by molar-refractivity contribution is 7.98. The topological polar surface area (TPSA) is 84.9 Å². The lowest BCUT2D eigenvalue weighted by molar-refractivity contribution is -0.137. The van der Waals surface area contributed by atoms with Crippen LogP contribution in [-0.2, 0) is 9.59 Å². The van der Waals surface area contributed by atoms with E-state index in [1.165, 1.54) is 14.2 Å². The van der Waals surface area contributed by atoms with Gasteiger partial charge in [0.15, 0.2) is 11.5 Å². The average molecular weight is 327 g/mol. The van der Waals surface area contributed by atoms with Crippen LogP contribution in [0.4, 0.5) is 0 Å². The van der Waals surface area contributed by atoms with Crippen LogP contribution in [0.3, 0.4) is 0 Å². The molecule has 0 heterocycles. The average Bonchev–Trinajstić information content (AvgIpc) is 2.51. The summed E-state index contributed by atoms with van der Waals surface area (Å²) in [5.41, 5.74) is 0.664. The van der Waals surface area contributed by atoms with Crippen molar-refractivity contribution in [1.29, 1.82) is 0 Å². The van der Waals surface area contributed by atoms with Gasteiger partial charge in [-0.15, -0.1) is 0 Å². The van der Waals surface area contributed by atoms with Gasteiger partial charge in [-0.05, 0) is 24.0 Å². The maximum atomic E-state index is 11.9. The lowest BCUT2D eigenvalue weighted by atomic mass is 10.0. The fourth-order valence-electron chi connectivity index (χ4n) is 1.96. The molecule has 0 bridgehead atoms. The van der Waals surface area contributed by atoms with Gasteiger partial charge in [0.1, 0.15) is 0 Å². The molecule has 1 amide bonds. The number of methoxy groups -OCH3 is 2. The quantitative estimate of drug-likeness (QED) is 0.722. The molecule has 0 aliphatic carbocycles. The minimum atomic E-state index is -0.982. The third-order valence-electron chi connectivity index (χ3n) is 3.06. The van der Waals surface area contributed by atoms with Gasteiger partial charge in [0.2, 0.25) is 5.91 Å². The van der Waals surface area contributed by atoms with E-state index in [-0.39, 0.29) is 12.3 Å². The van der Waals surface area contributed by atoms with Crippen molar-refractivity contribution in [3.8, 4) is 11.5 Å². The predicted octanol–water partition coefficient (Wildman–Crippen LogP) is 2.09. The van der Waals surface area contributed by atoms with Gasteiger partial charge in [-0.2, -0.15) is 11.8 Å². The first-order valence-corrected chi connectivity index (χ1v) is 8.13. The summed E-state index contributed by atoms with van der Waals surface area (Å²) < 4.78 is 10.4. The summed E-state index contributed by atoms with van der Waals surface area (Å²) in [6.07, 6.45) is 2.07. The normalized spacial score (nSPS) is 11.6. The molecule has 6 nitrogen and oxygen atoms in total. The molecule has 122 valence electrons. The first kappa shape index (κ1) is 18.2. The van der Waals surface area contributed by atoms with Crippen molar-refractivity contribution in [2.75, 3.05) is 26.2 Å². The second kappa shape index (κ2) is 9.19. The zero-order chi connectivity index (χ0) is 16.5. The minimum Gasteiger partial charge on any atom is -0.493 e. The number of carbonyl (C=O) groups is 2. The highest BCUT2D eigenvalue weighted by Crippen LogP contribution is 2.31. The van der Waals surface area contributed by atoms with Crippen molar-refractivity contribution < 1.29 is 24.2 Å².